The largest absolute Gasteiger partial charge is 0.383 e. The standard InChI is InChI=1S/C18H17ClN4OS/c1-24-9-8-23-16-5-3-2-4-15(16)21-18(23)25-12-14-11-22-10-13(19)6-7-17(22)20-14/h2-7,10-11H,8-9,12H2,1H3. The van der Waals surface area contributed by atoms with Crippen molar-refractivity contribution in [1.82, 2.24) is 18.9 Å². The molecule has 0 saturated carbocycles. The smallest absolute Gasteiger partial charge is 0.169 e. The van der Waals surface area contributed by atoms with Crippen molar-refractivity contribution in [3.8, 4) is 0 Å². The number of rotatable bonds is 6. The summed E-state index contributed by atoms with van der Waals surface area (Å²) in [6.07, 6.45) is 3.88. The van der Waals surface area contributed by atoms with E-state index in [1.54, 1.807) is 18.9 Å². The summed E-state index contributed by atoms with van der Waals surface area (Å²) in [6, 6.07) is 11.9. The van der Waals surface area contributed by atoms with E-state index in [1.807, 2.05) is 47.1 Å². The van der Waals surface area contributed by atoms with Crippen molar-refractivity contribution in [3.05, 3.63) is 59.5 Å². The Balaban J connectivity index is 1.60. The average molecular weight is 373 g/mol. The number of methoxy groups -OCH3 is 1. The number of fused-ring (bicyclic) bond motifs is 2. The summed E-state index contributed by atoms with van der Waals surface area (Å²) < 4.78 is 9.40. The summed E-state index contributed by atoms with van der Waals surface area (Å²) in [6.45, 7) is 1.43. The van der Waals surface area contributed by atoms with Crippen molar-refractivity contribution < 1.29 is 4.74 Å². The van der Waals surface area contributed by atoms with Crippen LogP contribution in [-0.2, 0) is 17.0 Å². The minimum atomic E-state index is 0.654. The molecule has 0 aliphatic carbocycles. The second-order valence-corrected chi connectivity index (χ2v) is 7.04. The number of para-hydroxylation sites is 2. The molecule has 0 aliphatic heterocycles. The maximum atomic E-state index is 6.04. The van der Waals surface area contributed by atoms with E-state index >= 15 is 0 Å². The first kappa shape index (κ1) is 16.4. The predicted octanol–water partition coefficient (Wildman–Crippen LogP) is 4.28. The molecule has 4 aromatic rings. The Hall–Kier alpha value is -2.02. The van der Waals surface area contributed by atoms with E-state index in [9.17, 15) is 0 Å². The summed E-state index contributed by atoms with van der Waals surface area (Å²) in [5.74, 6) is 0.746. The van der Waals surface area contributed by atoms with Gasteiger partial charge in [-0.15, -0.1) is 0 Å². The fraction of sp³-hybridized carbons (Fsp3) is 0.222. The summed E-state index contributed by atoms with van der Waals surface area (Å²) >= 11 is 7.72. The van der Waals surface area contributed by atoms with Crippen LogP contribution in [0.5, 0.6) is 0 Å². The van der Waals surface area contributed by atoms with Crippen LogP contribution in [-0.4, -0.2) is 32.7 Å². The SMILES string of the molecule is COCCn1c(SCc2cn3cc(Cl)ccc3n2)nc2ccccc21. The van der Waals surface area contributed by atoms with Crippen LogP contribution in [0.15, 0.2) is 53.9 Å². The number of aromatic nitrogens is 4. The summed E-state index contributed by atoms with van der Waals surface area (Å²) in [5, 5.41) is 1.68. The first-order chi connectivity index (χ1) is 12.2. The second-order valence-electron chi connectivity index (χ2n) is 5.66. The molecule has 0 radical (unpaired) electrons. The van der Waals surface area contributed by atoms with E-state index in [0.717, 1.165) is 39.8 Å². The molecular formula is C18H17ClN4OS. The van der Waals surface area contributed by atoms with Crippen molar-refractivity contribution in [3.63, 3.8) is 0 Å². The van der Waals surface area contributed by atoms with Gasteiger partial charge in [-0.3, -0.25) is 0 Å². The van der Waals surface area contributed by atoms with Crippen LogP contribution in [0, 0.1) is 0 Å². The summed E-state index contributed by atoms with van der Waals surface area (Å²) in [7, 11) is 1.72. The minimum Gasteiger partial charge on any atom is -0.383 e. The number of pyridine rings is 1. The van der Waals surface area contributed by atoms with Crippen LogP contribution < -0.4 is 0 Å². The zero-order valence-electron chi connectivity index (χ0n) is 13.7. The molecule has 0 spiro atoms. The Morgan fingerprint density at radius 2 is 2.00 bits per heavy atom. The molecule has 0 N–H and O–H groups in total. The maximum absolute atomic E-state index is 6.04. The lowest BCUT2D eigenvalue weighted by Crippen LogP contribution is -2.05. The van der Waals surface area contributed by atoms with Gasteiger partial charge in [0.2, 0.25) is 0 Å². The third kappa shape index (κ3) is 3.38. The molecule has 25 heavy (non-hydrogen) atoms. The van der Waals surface area contributed by atoms with E-state index in [-0.39, 0.29) is 0 Å². The quantitative estimate of drug-likeness (QED) is 0.474. The van der Waals surface area contributed by atoms with Gasteiger partial charge in [0, 0.05) is 31.8 Å². The highest BCUT2D eigenvalue weighted by atomic mass is 35.5. The van der Waals surface area contributed by atoms with Crippen LogP contribution in [0.4, 0.5) is 0 Å². The highest BCUT2D eigenvalue weighted by molar-refractivity contribution is 7.98. The molecule has 3 heterocycles. The number of benzene rings is 1. The van der Waals surface area contributed by atoms with E-state index in [2.05, 4.69) is 15.6 Å². The number of hydrogen-bond acceptors (Lipinski definition) is 4. The van der Waals surface area contributed by atoms with Crippen LogP contribution in [0.3, 0.4) is 0 Å². The van der Waals surface area contributed by atoms with Crippen LogP contribution >= 0.6 is 23.4 Å². The summed E-state index contributed by atoms with van der Waals surface area (Å²) in [4.78, 5) is 9.40. The lowest BCUT2D eigenvalue weighted by atomic mass is 10.3. The Labute approximate surface area is 154 Å². The number of halogens is 1. The van der Waals surface area contributed by atoms with E-state index in [1.165, 1.54) is 0 Å². The van der Waals surface area contributed by atoms with Crippen molar-refractivity contribution in [1.29, 1.82) is 0 Å². The lowest BCUT2D eigenvalue weighted by Gasteiger charge is -2.07. The maximum Gasteiger partial charge on any atom is 0.169 e. The molecule has 5 nitrogen and oxygen atoms in total. The molecule has 0 saturated heterocycles. The monoisotopic (exact) mass is 372 g/mol. The highest BCUT2D eigenvalue weighted by Gasteiger charge is 2.12. The summed E-state index contributed by atoms with van der Waals surface area (Å²) in [5.41, 5.74) is 4.03. The number of nitrogens with zero attached hydrogens (tertiary/aromatic N) is 4. The third-order valence-electron chi connectivity index (χ3n) is 3.95. The second kappa shape index (κ2) is 7.07. The van der Waals surface area contributed by atoms with E-state index in [0.29, 0.717) is 11.6 Å². The van der Waals surface area contributed by atoms with Crippen molar-refractivity contribution in [2.24, 2.45) is 0 Å². The van der Waals surface area contributed by atoms with Gasteiger partial charge in [0.05, 0.1) is 28.4 Å². The molecule has 1 aromatic carbocycles. The molecule has 3 aromatic heterocycles. The molecule has 0 fully saturated rings. The van der Waals surface area contributed by atoms with Crippen molar-refractivity contribution in [2.45, 2.75) is 17.5 Å². The van der Waals surface area contributed by atoms with Gasteiger partial charge >= 0.3 is 0 Å². The van der Waals surface area contributed by atoms with Crippen molar-refractivity contribution in [2.75, 3.05) is 13.7 Å². The molecule has 0 aliphatic rings. The van der Waals surface area contributed by atoms with Crippen LogP contribution in [0.25, 0.3) is 16.7 Å². The Bertz CT molecular complexity index is 1030. The minimum absolute atomic E-state index is 0.654. The Kier molecular flexibility index (Phi) is 4.65. The number of imidazole rings is 2. The highest BCUT2D eigenvalue weighted by Crippen LogP contribution is 2.27. The number of ether oxygens (including phenoxy) is 1. The zero-order valence-corrected chi connectivity index (χ0v) is 15.3. The van der Waals surface area contributed by atoms with Gasteiger partial charge in [-0.1, -0.05) is 35.5 Å². The van der Waals surface area contributed by atoms with E-state index < -0.39 is 0 Å². The fourth-order valence-electron chi connectivity index (χ4n) is 2.79. The van der Waals surface area contributed by atoms with Crippen LogP contribution in [0.2, 0.25) is 5.02 Å². The first-order valence-corrected chi connectivity index (χ1v) is 9.31. The fourth-order valence-corrected chi connectivity index (χ4v) is 3.88. The van der Waals surface area contributed by atoms with Gasteiger partial charge in [0.15, 0.2) is 5.16 Å². The van der Waals surface area contributed by atoms with Crippen LogP contribution in [0.1, 0.15) is 5.69 Å². The van der Waals surface area contributed by atoms with Crippen molar-refractivity contribution >= 4 is 40.0 Å². The van der Waals surface area contributed by atoms with E-state index in [4.69, 9.17) is 21.3 Å². The first-order valence-electron chi connectivity index (χ1n) is 7.95. The van der Waals surface area contributed by atoms with Gasteiger partial charge in [0.1, 0.15) is 5.65 Å². The molecule has 0 unspecified atom stereocenters. The number of thioether (sulfide) groups is 1. The third-order valence-corrected chi connectivity index (χ3v) is 5.19. The number of hydrogen-bond donors (Lipinski definition) is 0. The van der Waals surface area contributed by atoms with Gasteiger partial charge in [-0.05, 0) is 24.3 Å². The van der Waals surface area contributed by atoms with Gasteiger partial charge in [0.25, 0.3) is 0 Å². The molecule has 7 heteroatoms. The molecule has 0 bridgehead atoms. The van der Waals surface area contributed by atoms with Gasteiger partial charge in [-0.2, -0.15) is 0 Å². The molecule has 128 valence electrons. The molecule has 4 rings (SSSR count). The zero-order chi connectivity index (χ0) is 17.2. The van der Waals surface area contributed by atoms with Gasteiger partial charge in [-0.25, -0.2) is 9.97 Å². The molecule has 0 amide bonds. The normalized spacial score (nSPS) is 11.6. The lowest BCUT2D eigenvalue weighted by molar-refractivity contribution is 0.186. The van der Waals surface area contributed by atoms with Gasteiger partial charge < -0.3 is 13.7 Å². The Morgan fingerprint density at radius 3 is 2.88 bits per heavy atom. The molecular weight excluding hydrogens is 356 g/mol. The Morgan fingerprint density at radius 1 is 1.12 bits per heavy atom. The predicted molar refractivity (Wildman–Crippen MR) is 101 cm³/mol. The topological polar surface area (TPSA) is 44.4 Å². The molecule has 0 atom stereocenters. The average Bonchev–Trinajstić information content (AvgIpc) is 3.18.